The summed E-state index contributed by atoms with van der Waals surface area (Å²) >= 11 is 0. The number of ether oxygens (including phenoxy) is 2. The molecule has 5 rings (SSSR count). The summed E-state index contributed by atoms with van der Waals surface area (Å²) in [6, 6.07) is 2.24. The lowest BCUT2D eigenvalue weighted by Crippen LogP contribution is -2.63. The van der Waals surface area contributed by atoms with Crippen LogP contribution < -0.4 is 15.8 Å². The van der Waals surface area contributed by atoms with Crippen molar-refractivity contribution in [1.82, 2.24) is 15.1 Å². The zero-order valence-electron chi connectivity index (χ0n) is 20.4. The zero-order valence-corrected chi connectivity index (χ0v) is 20.4. The molecule has 0 spiro atoms. The highest BCUT2D eigenvalue weighted by Gasteiger charge is 2.57. The van der Waals surface area contributed by atoms with E-state index in [-0.39, 0.29) is 29.7 Å². The van der Waals surface area contributed by atoms with Gasteiger partial charge in [0.25, 0.3) is 5.91 Å². The Bertz CT molecular complexity index is 1000. The minimum atomic E-state index is -0.713. The first-order valence-corrected chi connectivity index (χ1v) is 12.1. The number of nitrogens with two attached hydrogens (primary N) is 1. The van der Waals surface area contributed by atoms with Gasteiger partial charge in [0.2, 0.25) is 5.88 Å². The van der Waals surface area contributed by atoms with E-state index in [1.807, 2.05) is 13.8 Å². The number of nitriles is 1. The van der Waals surface area contributed by atoms with E-state index >= 15 is 0 Å². The van der Waals surface area contributed by atoms with Crippen LogP contribution in [0.1, 0.15) is 70.2 Å². The summed E-state index contributed by atoms with van der Waals surface area (Å²) in [5, 5.41) is 16.9. The van der Waals surface area contributed by atoms with Crippen LogP contribution in [0.4, 0.5) is 4.79 Å². The molecule has 2 amide bonds. The van der Waals surface area contributed by atoms with Gasteiger partial charge in [-0.3, -0.25) is 4.79 Å². The Kier molecular flexibility index (Phi) is 6.36. The lowest BCUT2D eigenvalue weighted by atomic mass is 9.52. The Balaban J connectivity index is 1.53. The molecule has 0 aliphatic heterocycles. The van der Waals surface area contributed by atoms with Crippen LogP contribution in [-0.4, -0.2) is 40.0 Å². The zero-order chi connectivity index (χ0) is 24.7. The number of hydrogen-bond acceptors (Lipinski definition) is 6. The first kappa shape index (κ1) is 24.1. The van der Waals surface area contributed by atoms with Gasteiger partial charge in [-0.15, -0.1) is 0 Å². The number of primary amides is 1. The van der Waals surface area contributed by atoms with Gasteiger partial charge in [0.1, 0.15) is 11.2 Å². The van der Waals surface area contributed by atoms with Crippen molar-refractivity contribution in [3.05, 3.63) is 17.8 Å². The minimum absolute atomic E-state index is 0.0167. The van der Waals surface area contributed by atoms with Crippen molar-refractivity contribution in [3.8, 4) is 11.9 Å². The average Bonchev–Trinajstić information content (AvgIpc) is 3.15. The maximum Gasteiger partial charge on any atom is 0.405 e. The predicted octanol–water partition coefficient (Wildman–Crippen LogP) is 3.71. The van der Waals surface area contributed by atoms with Crippen LogP contribution in [-0.2, 0) is 4.74 Å². The summed E-state index contributed by atoms with van der Waals surface area (Å²) in [6.45, 7) is 8.11. The molecule has 9 nitrogen and oxygen atoms in total. The van der Waals surface area contributed by atoms with Crippen molar-refractivity contribution in [3.63, 3.8) is 0 Å². The minimum Gasteiger partial charge on any atom is -0.477 e. The molecule has 4 saturated carbocycles. The third-order valence-corrected chi connectivity index (χ3v) is 7.30. The van der Waals surface area contributed by atoms with Gasteiger partial charge in [-0.05, 0) is 75.7 Å². The van der Waals surface area contributed by atoms with Crippen molar-refractivity contribution in [1.29, 1.82) is 5.26 Å². The molecular formula is C25H35N5O4. The number of carbonyl (C=O) groups excluding carboxylic acids is 2. The molecule has 0 saturated heterocycles. The summed E-state index contributed by atoms with van der Waals surface area (Å²) in [4.78, 5) is 24.9. The number of amides is 2. The van der Waals surface area contributed by atoms with E-state index in [9.17, 15) is 14.9 Å². The smallest absolute Gasteiger partial charge is 0.405 e. The van der Waals surface area contributed by atoms with Gasteiger partial charge in [0, 0.05) is 12.2 Å². The highest BCUT2D eigenvalue weighted by Crippen LogP contribution is 2.57. The molecule has 1 heterocycles. The molecule has 0 aromatic carbocycles. The number of allylic oxidation sites excluding steroid dienone is 1. The van der Waals surface area contributed by atoms with E-state index in [0.717, 1.165) is 32.1 Å². The number of aromatic nitrogens is 2. The number of carbonyl (C=O) groups is 2. The SMILES string of the molecule is CC(C)COc1c(C(=O)NC2[C@@H]3CC4C[C@H]2CC(OC(N)=O)(C4)C3)cnn1/C=C/C(C)(C)C#N. The maximum absolute atomic E-state index is 13.4. The number of nitrogens with one attached hydrogen (secondary N) is 1. The summed E-state index contributed by atoms with van der Waals surface area (Å²) in [5.41, 5.74) is 4.58. The molecule has 5 atom stereocenters. The Morgan fingerprint density at radius 2 is 2.03 bits per heavy atom. The number of nitrogens with zero attached hydrogens (tertiary/aromatic N) is 3. The van der Waals surface area contributed by atoms with E-state index < -0.39 is 17.1 Å². The first-order valence-electron chi connectivity index (χ1n) is 12.1. The molecule has 184 valence electrons. The van der Waals surface area contributed by atoms with Crippen LogP contribution in [0.15, 0.2) is 12.3 Å². The summed E-state index contributed by atoms with van der Waals surface area (Å²) in [7, 11) is 0. The van der Waals surface area contributed by atoms with Crippen LogP contribution in [0.2, 0.25) is 0 Å². The molecule has 4 aliphatic carbocycles. The Labute approximate surface area is 200 Å². The van der Waals surface area contributed by atoms with E-state index in [2.05, 4.69) is 16.5 Å². The Morgan fingerprint density at radius 1 is 1.35 bits per heavy atom. The Hall–Kier alpha value is -3.02. The molecule has 34 heavy (non-hydrogen) atoms. The summed E-state index contributed by atoms with van der Waals surface area (Å²) in [6.07, 6.45) is 8.59. The molecule has 1 aromatic rings. The van der Waals surface area contributed by atoms with Crippen molar-refractivity contribution >= 4 is 18.2 Å². The monoisotopic (exact) mass is 469 g/mol. The third kappa shape index (κ3) is 4.91. The van der Waals surface area contributed by atoms with E-state index in [1.54, 1.807) is 26.1 Å². The van der Waals surface area contributed by atoms with E-state index in [0.29, 0.717) is 24.0 Å². The molecular weight excluding hydrogens is 434 g/mol. The van der Waals surface area contributed by atoms with Crippen molar-refractivity contribution in [2.75, 3.05) is 6.61 Å². The fourth-order valence-electron chi connectivity index (χ4n) is 6.05. The van der Waals surface area contributed by atoms with Crippen molar-refractivity contribution < 1.29 is 19.1 Å². The predicted molar refractivity (Wildman–Crippen MR) is 125 cm³/mol. The van der Waals surface area contributed by atoms with Crippen LogP contribution in [0.5, 0.6) is 5.88 Å². The molecule has 1 aromatic heterocycles. The number of rotatable bonds is 8. The lowest BCUT2D eigenvalue weighted by Gasteiger charge is -2.58. The largest absolute Gasteiger partial charge is 0.477 e. The molecule has 9 heteroatoms. The Morgan fingerprint density at radius 3 is 2.62 bits per heavy atom. The number of hydrogen-bond donors (Lipinski definition) is 2. The molecule has 3 unspecified atom stereocenters. The van der Waals surface area contributed by atoms with Gasteiger partial charge in [0.05, 0.1) is 24.3 Å². The van der Waals surface area contributed by atoms with Gasteiger partial charge < -0.3 is 20.5 Å². The van der Waals surface area contributed by atoms with Crippen LogP contribution in [0.3, 0.4) is 0 Å². The third-order valence-electron chi connectivity index (χ3n) is 7.30. The van der Waals surface area contributed by atoms with Crippen LogP contribution >= 0.6 is 0 Å². The van der Waals surface area contributed by atoms with Gasteiger partial charge in [-0.2, -0.15) is 10.4 Å². The van der Waals surface area contributed by atoms with E-state index in [1.165, 1.54) is 10.9 Å². The standard InChI is InChI=1S/C25H35N5O4/c1-15(2)13-33-22-19(12-28-30(22)6-5-24(3,4)14-26)21(31)29-20-17-7-16-8-18(20)11-25(9-16,10-17)34-23(27)32/h5-6,12,15-18,20H,7-11,13H2,1-4H3,(H2,27,32)(H,29,31)/b6-5+/t16?,17-,18+,20?,25?. The molecule has 4 bridgehead atoms. The maximum atomic E-state index is 13.4. The fraction of sp³-hybridized carbons (Fsp3) is 0.680. The summed E-state index contributed by atoms with van der Waals surface area (Å²) < 4.78 is 13.1. The lowest BCUT2D eigenvalue weighted by molar-refractivity contribution is -0.137. The van der Waals surface area contributed by atoms with Gasteiger partial charge >= 0.3 is 6.09 Å². The average molecular weight is 470 g/mol. The van der Waals surface area contributed by atoms with Gasteiger partial charge in [-0.25, -0.2) is 9.48 Å². The molecule has 0 radical (unpaired) electrons. The second-order valence-electron chi connectivity index (χ2n) is 11.2. The normalized spacial score (nSPS) is 29.9. The highest BCUT2D eigenvalue weighted by molar-refractivity contribution is 5.96. The first-order chi connectivity index (χ1) is 16.0. The van der Waals surface area contributed by atoms with E-state index in [4.69, 9.17) is 15.2 Å². The van der Waals surface area contributed by atoms with Crippen molar-refractivity contribution in [2.24, 2.45) is 34.8 Å². The second-order valence-corrected chi connectivity index (χ2v) is 11.2. The van der Waals surface area contributed by atoms with Crippen LogP contribution in [0, 0.1) is 40.4 Å². The van der Waals surface area contributed by atoms with Crippen LogP contribution in [0.25, 0.3) is 6.20 Å². The highest BCUT2D eigenvalue weighted by atomic mass is 16.6. The van der Waals surface area contributed by atoms with Crippen molar-refractivity contribution in [2.45, 2.75) is 71.4 Å². The summed E-state index contributed by atoms with van der Waals surface area (Å²) in [5.74, 6) is 1.42. The fourth-order valence-corrected chi connectivity index (χ4v) is 6.05. The second kappa shape index (κ2) is 8.97. The van der Waals surface area contributed by atoms with Gasteiger partial charge in [0.15, 0.2) is 0 Å². The molecule has 4 fully saturated rings. The quantitative estimate of drug-likeness (QED) is 0.596. The van der Waals surface area contributed by atoms with Gasteiger partial charge in [-0.1, -0.05) is 13.8 Å². The molecule has 4 aliphatic rings. The molecule has 3 N–H and O–H groups in total. The topological polar surface area (TPSA) is 132 Å².